The maximum absolute atomic E-state index is 13.6. The number of hydrogen-bond acceptors (Lipinski definition) is 5. The van der Waals surface area contributed by atoms with E-state index in [0.29, 0.717) is 75.2 Å². The Bertz CT molecular complexity index is 1030. The van der Waals surface area contributed by atoms with E-state index in [-0.39, 0.29) is 29.8 Å². The highest BCUT2D eigenvalue weighted by atomic mass is 35.5. The van der Waals surface area contributed by atoms with Gasteiger partial charge in [-0.2, -0.15) is 5.10 Å². The minimum atomic E-state index is -0.190. The summed E-state index contributed by atoms with van der Waals surface area (Å²) in [6.07, 6.45) is 0.764. The van der Waals surface area contributed by atoms with Gasteiger partial charge in [-0.05, 0) is 37.1 Å². The van der Waals surface area contributed by atoms with Crippen molar-refractivity contribution in [3.63, 3.8) is 0 Å². The van der Waals surface area contributed by atoms with Gasteiger partial charge in [-0.1, -0.05) is 31.5 Å². The Balaban J connectivity index is 1.52. The highest BCUT2D eigenvalue weighted by molar-refractivity contribution is 6.30. The van der Waals surface area contributed by atoms with Gasteiger partial charge in [0.2, 0.25) is 5.91 Å². The zero-order valence-electron chi connectivity index (χ0n) is 20.8. The number of nitrogens with zero attached hydrogens (tertiary/aromatic N) is 4. The molecule has 0 radical (unpaired) electrons. The van der Waals surface area contributed by atoms with Crippen LogP contribution in [0.4, 0.5) is 0 Å². The summed E-state index contributed by atoms with van der Waals surface area (Å²) in [4.78, 5) is 30.4. The van der Waals surface area contributed by atoms with Crippen LogP contribution in [0.5, 0.6) is 5.75 Å². The second kappa shape index (κ2) is 11.4. The van der Waals surface area contributed by atoms with Gasteiger partial charge in [-0.3, -0.25) is 14.3 Å². The average molecular weight is 503 g/mol. The lowest BCUT2D eigenvalue weighted by molar-refractivity contribution is -0.137. The van der Waals surface area contributed by atoms with Gasteiger partial charge in [-0.25, -0.2) is 0 Å². The monoisotopic (exact) mass is 502 g/mol. The first-order chi connectivity index (χ1) is 16.9. The zero-order valence-corrected chi connectivity index (χ0v) is 21.5. The second-order valence-electron chi connectivity index (χ2n) is 9.54. The second-order valence-corrected chi connectivity index (χ2v) is 9.97. The molecule has 8 nitrogen and oxygen atoms in total. The fraction of sp³-hybridized carbons (Fsp3) is 0.577. The minimum absolute atomic E-state index is 0.0451. The molecule has 0 bridgehead atoms. The summed E-state index contributed by atoms with van der Waals surface area (Å²) in [6.45, 7) is 10.1. The van der Waals surface area contributed by atoms with E-state index in [4.69, 9.17) is 21.1 Å². The van der Waals surface area contributed by atoms with Crippen molar-refractivity contribution in [3.05, 3.63) is 46.7 Å². The molecule has 2 aliphatic rings. The van der Waals surface area contributed by atoms with Gasteiger partial charge in [0.05, 0.1) is 18.9 Å². The summed E-state index contributed by atoms with van der Waals surface area (Å²) < 4.78 is 13.5. The van der Waals surface area contributed by atoms with Gasteiger partial charge in [0.25, 0.3) is 5.91 Å². The van der Waals surface area contributed by atoms with Gasteiger partial charge in [-0.15, -0.1) is 0 Å². The third kappa shape index (κ3) is 6.16. The van der Waals surface area contributed by atoms with Crippen molar-refractivity contribution in [1.82, 2.24) is 19.6 Å². The number of piperidine rings is 1. The predicted molar refractivity (Wildman–Crippen MR) is 134 cm³/mol. The van der Waals surface area contributed by atoms with Crippen molar-refractivity contribution in [2.75, 3.05) is 39.4 Å². The molecular weight excluding hydrogens is 468 g/mol. The molecule has 190 valence electrons. The molecule has 2 atom stereocenters. The van der Waals surface area contributed by atoms with E-state index in [1.807, 2.05) is 34.9 Å². The van der Waals surface area contributed by atoms with Crippen molar-refractivity contribution in [1.29, 1.82) is 0 Å². The van der Waals surface area contributed by atoms with E-state index in [9.17, 15) is 9.59 Å². The lowest BCUT2D eigenvalue weighted by Crippen LogP contribution is -2.50. The number of halogens is 1. The molecule has 0 unspecified atom stereocenters. The Morgan fingerprint density at radius 1 is 1.17 bits per heavy atom. The summed E-state index contributed by atoms with van der Waals surface area (Å²) in [5.74, 6) is 0.815. The number of benzene rings is 1. The van der Waals surface area contributed by atoms with E-state index < -0.39 is 0 Å². The van der Waals surface area contributed by atoms with Crippen LogP contribution in [0.1, 0.15) is 55.7 Å². The largest absolute Gasteiger partial charge is 0.490 e. The van der Waals surface area contributed by atoms with Crippen LogP contribution in [0.2, 0.25) is 5.02 Å². The molecule has 2 aromatic rings. The molecular formula is C26H35ClN4O4. The Labute approximate surface area is 212 Å². The molecule has 1 aromatic heterocycles. The molecule has 4 rings (SSSR count). The Morgan fingerprint density at radius 2 is 1.94 bits per heavy atom. The molecule has 1 aromatic carbocycles. The number of carbonyl (C=O) groups is 2. The van der Waals surface area contributed by atoms with Crippen LogP contribution in [0.25, 0.3) is 0 Å². The number of likely N-dealkylation sites (tertiary alicyclic amines) is 1. The van der Waals surface area contributed by atoms with Crippen LogP contribution in [-0.2, 0) is 16.1 Å². The summed E-state index contributed by atoms with van der Waals surface area (Å²) in [6, 6.07) is 9.21. The molecule has 0 N–H and O–H groups in total. The van der Waals surface area contributed by atoms with E-state index >= 15 is 0 Å². The molecule has 35 heavy (non-hydrogen) atoms. The van der Waals surface area contributed by atoms with E-state index in [1.54, 1.807) is 16.8 Å². The average Bonchev–Trinajstić information content (AvgIpc) is 3.30. The number of amides is 2. The third-order valence-corrected chi connectivity index (χ3v) is 6.98. The van der Waals surface area contributed by atoms with E-state index in [0.717, 1.165) is 5.69 Å². The Hall–Kier alpha value is -2.58. The van der Waals surface area contributed by atoms with Gasteiger partial charge in [0, 0.05) is 56.5 Å². The van der Waals surface area contributed by atoms with Crippen molar-refractivity contribution in [3.8, 4) is 5.75 Å². The maximum Gasteiger partial charge on any atom is 0.272 e. The molecule has 0 saturated carbocycles. The lowest BCUT2D eigenvalue weighted by atomic mass is 9.90. The van der Waals surface area contributed by atoms with Crippen molar-refractivity contribution in [2.45, 2.75) is 52.2 Å². The SMILES string of the molecule is CCn1nc(C(C)C)cc1C(=O)N1CC[C@H](Oc2cccc(Cl)c2)[C@@H](CC(=O)N2CCOCC2)C1. The highest BCUT2D eigenvalue weighted by Crippen LogP contribution is 2.29. The first kappa shape index (κ1) is 25.5. The Kier molecular flexibility index (Phi) is 8.34. The number of aromatic nitrogens is 2. The molecule has 2 amide bonds. The molecule has 9 heteroatoms. The van der Waals surface area contributed by atoms with Crippen LogP contribution in [0.15, 0.2) is 30.3 Å². The standard InChI is InChI=1S/C26H35ClN4O4/c1-4-31-23(16-22(28-31)18(2)3)26(33)30-9-8-24(35-21-7-5-6-20(27)15-21)19(17-30)14-25(32)29-10-12-34-13-11-29/h5-7,15-16,18-19,24H,4,8-14,17H2,1-3H3/t19-,24-/m0/s1. The number of morpholine rings is 1. The van der Waals surface area contributed by atoms with Crippen LogP contribution < -0.4 is 4.74 Å². The molecule has 0 aliphatic carbocycles. The van der Waals surface area contributed by atoms with E-state index in [1.165, 1.54) is 0 Å². The highest BCUT2D eigenvalue weighted by Gasteiger charge is 2.36. The van der Waals surface area contributed by atoms with Crippen molar-refractivity contribution >= 4 is 23.4 Å². The van der Waals surface area contributed by atoms with Gasteiger partial charge in [0.15, 0.2) is 0 Å². The fourth-order valence-electron chi connectivity index (χ4n) is 4.72. The molecule has 3 heterocycles. The molecule has 2 aliphatic heterocycles. The van der Waals surface area contributed by atoms with Crippen LogP contribution >= 0.6 is 11.6 Å². The first-order valence-corrected chi connectivity index (χ1v) is 12.9. The van der Waals surface area contributed by atoms with Gasteiger partial charge in [0.1, 0.15) is 17.5 Å². The summed E-state index contributed by atoms with van der Waals surface area (Å²) in [5.41, 5.74) is 1.51. The number of carbonyl (C=O) groups excluding carboxylic acids is 2. The summed E-state index contributed by atoms with van der Waals surface area (Å²) in [5, 5.41) is 5.21. The topological polar surface area (TPSA) is 76.9 Å². The smallest absolute Gasteiger partial charge is 0.272 e. The van der Waals surface area contributed by atoms with Crippen molar-refractivity contribution in [2.24, 2.45) is 5.92 Å². The predicted octanol–water partition coefficient (Wildman–Crippen LogP) is 3.84. The van der Waals surface area contributed by atoms with Crippen LogP contribution in [0.3, 0.4) is 0 Å². The summed E-state index contributed by atoms with van der Waals surface area (Å²) >= 11 is 6.16. The Morgan fingerprint density at radius 3 is 2.63 bits per heavy atom. The first-order valence-electron chi connectivity index (χ1n) is 12.5. The van der Waals surface area contributed by atoms with E-state index in [2.05, 4.69) is 18.9 Å². The fourth-order valence-corrected chi connectivity index (χ4v) is 4.90. The number of hydrogen-bond donors (Lipinski definition) is 0. The summed E-state index contributed by atoms with van der Waals surface area (Å²) in [7, 11) is 0. The van der Waals surface area contributed by atoms with Gasteiger partial charge < -0.3 is 19.3 Å². The number of ether oxygens (including phenoxy) is 2. The van der Waals surface area contributed by atoms with Crippen LogP contribution in [-0.4, -0.2) is 76.9 Å². The normalized spacial score (nSPS) is 20.8. The molecule has 0 spiro atoms. The zero-order chi connectivity index (χ0) is 24.9. The molecule has 2 saturated heterocycles. The molecule has 2 fully saturated rings. The van der Waals surface area contributed by atoms with Gasteiger partial charge >= 0.3 is 0 Å². The number of rotatable bonds is 7. The van der Waals surface area contributed by atoms with Crippen LogP contribution in [0, 0.1) is 5.92 Å². The number of aryl methyl sites for hydroxylation is 1. The lowest BCUT2D eigenvalue weighted by Gasteiger charge is -2.39. The third-order valence-electron chi connectivity index (χ3n) is 6.74. The van der Waals surface area contributed by atoms with Crippen molar-refractivity contribution < 1.29 is 19.1 Å². The minimum Gasteiger partial charge on any atom is -0.490 e. The quantitative estimate of drug-likeness (QED) is 0.575. The maximum atomic E-state index is 13.6.